The average molecular weight is 568 g/mol. The van der Waals surface area contributed by atoms with Crippen molar-refractivity contribution in [3.63, 3.8) is 0 Å². The Kier molecular flexibility index (Phi) is 4.90. The molecule has 0 bridgehead atoms. The number of rotatable bonds is 3. The molecular weight excluding hydrogens is 538 g/mol. The van der Waals surface area contributed by atoms with Crippen LogP contribution in [0.1, 0.15) is 43.2 Å². The highest BCUT2D eigenvalue weighted by Gasteiger charge is 2.36. The summed E-state index contributed by atoms with van der Waals surface area (Å²) in [7, 11) is 0. The molecule has 5 aromatic carbocycles. The summed E-state index contributed by atoms with van der Waals surface area (Å²) in [4.78, 5) is 14.2. The van der Waals surface area contributed by atoms with Gasteiger partial charge in [-0.05, 0) is 76.5 Å². The lowest BCUT2D eigenvalue weighted by molar-refractivity contribution is 0.604. The standard InChI is InChI=1S/C41H29NO2/c1-5-12-27-28-17-11-16-24(39(28)44-37(27)6-2)23-19-32-25-13-7-8-15-29(25)40(43)42-36-22-35-30(21-31(36)33(20-23)38(32)42)26-14-9-10-18-34(26)41(35,3)4/h5-22H,2H2,1,3-4H3/b12-5-. The molecule has 3 heteroatoms. The zero-order valence-electron chi connectivity index (χ0n) is 24.9. The number of fused-ring (bicyclic) bond motifs is 9. The summed E-state index contributed by atoms with van der Waals surface area (Å²) in [6.07, 6.45) is 5.89. The molecule has 210 valence electrons. The highest BCUT2D eigenvalue weighted by molar-refractivity contribution is 6.22. The van der Waals surface area contributed by atoms with Gasteiger partial charge in [-0.25, -0.2) is 0 Å². The van der Waals surface area contributed by atoms with Crippen molar-refractivity contribution in [2.75, 3.05) is 0 Å². The van der Waals surface area contributed by atoms with Gasteiger partial charge >= 0.3 is 0 Å². The molecule has 3 nitrogen and oxygen atoms in total. The maximum absolute atomic E-state index is 14.2. The maximum atomic E-state index is 14.2. The monoisotopic (exact) mass is 567 g/mol. The molecule has 0 radical (unpaired) electrons. The number of allylic oxidation sites excluding steroid dienone is 1. The van der Waals surface area contributed by atoms with Crippen molar-refractivity contribution < 1.29 is 4.42 Å². The molecule has 0 unspecified atom stereocenters. The van der Waals surface area contributed by atoms with Gasteiger partial charge in [0.1, 0.15) is 11.3 Å². The lowest BCUT2D eigenvalue weighted by atomic mass is 9.82. The molecule has 3 aromatic heterocycles. The molecule has 44 heavy (non-hydrogen) atoms. The lowest BCUT2D eigenvalue weighted by Crippen LogP contribution is -2.16. The first-order valence-electron chi connectivity index (χ1n) is 15.1. The van der Waals surface area contributed by atoms with Crippen LogP contribution in [0.4, 0.5) is 0 Å². The van der Waals surface area contributed by atoms with Crippen LogP contribution in [0.2, 0.25) is 0 Å². The molecule has 9 rings (SSSR count). The van der Waals surface area contributed by atoms with E-state index in [1.807, 2.05) is 35.6 Å². The Morgan fingerprint density at radius 2 is 1.43 bits per heavy atom. The molecular formula is C41H29NO2. The fourth-order valence-corrected chi connectivity index (χ4v) is 7.81. The van der Waals surface area contributed by atoms with E-state index in [2.05, 4.69) is 99.3 Å². The van der Waals surface area contributed by atoms with Crippen LogP contribution < -0.4 is 5.56 Å². The van der Waals surface area contributed by atoms with Crippen molar-refractivity contribution in [1.29, 1.82) is 0 Å². The molecule has 8 aromatic rings. The molecule has 0 N–H and O–H groups in total. The first-order chi connectivity index (χ1) is 21.4. The Balaban J connectivity index is 1.47. The van der Waals surface area contributed by atoms with Gasteiger partial charge in [0.25, 0.3) is 5.56 Å². The number of benzene rings is 5. The van der Waals surface area contributed by atoms with Gasteiger partial charge in [0.15, 0.2) is 0 Å². The minimum absolute atomic E-state index is 0.0221. The van der Waals surface area contributed by atoms with E-state index in [1.54, 1.807) is 6.08 Å². The predicted molar refractivity (Wildman–Crippen MR) is 185 cm³/mol. The van der Waals surface area contributed by atoms with Gasteiger partial charge in [-0.2, -0.15) is 0 Å². The molecule has 0 amide bonds. The molecule has 0 saturated heterocycles. The molecule has 3 heterocycles. The maximum Gasteiger partial charge on any atom is 0.263 e. The second kappa shape index (κ2) is 8.58. The lowest BCUT2D eigenvalue weighted by Gasteiger charge is -2.21. The average Bonchev–Trinajstić information content (AvgIpc) is 3.65. The van der Waals surface area contributed by atoms with Crippen LogP contribution in [0.5, 0.6) is 0 Å². The zero-order chi connectivity index (χ0) is 29.9. The SMILES string of the molecule is C=Cc1oc2c(-c3cc4c5ccccc5c(=O)n5c6cc7c(cc6c(c3)c45)-c3ccccc3C7(C)C)cccc2c1/C=C\C. The number of aromatic nitrogens is 1. The number of furan rings is 1. The largest absolute Gasteiger partial charge is 0.455 e. The van der Waals surface area contributed by atoms with Crippen LogP contribution in [0.25, 0.3) is 83.3 Å². The third-order valence-electron chi connectivity index (χ3n) is 9.83. The quantitative estimate of drug-likeness (QED) is 0.199. The van der Waals surface area contributed by atoms with E-state index in [0.29, 0.717) is 0 Å². The van der Waals surface area contributed by atoms with E-state index in [0.717, 1.165) is 71.4 Å². The van der Waals surface area contributed by atoms with E-state index in [-0.39, 0.29) is 11.0 Å². The first-order valence-corrected chi connectivity index (χ1v) is 15.1. The van der Waals surface area contributed by atoms with Gasteiger partial charge in [0, 0.05) is 43.5 Å². The van der Waals surface area contributed by atoms with Crippen molar-refractivity contribution in [2.24, 2.45) is 0 Å². The van der Waals surface area contributed by atoms with E-state index in [1.165, 1.54) is 22.3 Å². The Morgan fingerprint density at radius 1 is 0.727 bits per heavy atom. The topological polar surface area (TPSA) is 34.6 Å². The third kappa shape index (κ3) is 3.03. The van der Waals surface area contributed by atoms with E-state index >= 15 is 0 Å². The second-order valence-electron chi connectivity index (χ2n) is 12.5. The minimum atomic E-state index is -0.164. The molecule has 0 saturated carbocycles. The van der Waals surface area contributed by atoms with Crippen molar-refractivity contribution in [3.05, 3.63) is 136 Å². The fraction of sp³-hybridized carbons (Fsp3) is 0.0976. The number of hydrogen-bond acceptors (Lipinski definition) is 2. The number of pyridine rings is 1. The highest BCUT2D eigenvalue weighted by atomic mass is 16.3. The summed E-state index contributed by atoms with van der Waals surface area (Å²) < 4.78 is 8.42. The fourth-order valence-electron chi connectivity index (χ4n) is 7.81. The van der Waals surface area contributed by atoms with Gasteiger partial charge in [0.2, 0.25) is 0 Å². The summed E-state index contributed by atoms with van der Waals surface area (Å²) in [5.74, 6) is 0.761. The van der Waals surface area contributed by atoms with Crippen LogP contribution in [0.3, 0.4) is 0 Å². The predicted octanol–water partition coefficient (Wildman–Crippen LogP) is 10.6. The Morgan fingerprint density at radius 3 is 2.23 bits per heavy atom. The molecule has 1 aliphatic rings. The van der Waals surface area contributed by atoms with E-state index in [4.69, 9.17) is 4.42 Å². The van der Waals surface area contributed by atoms with Crippen molar-refractivity contribution >= 4 is 61.1 Å². The Bertz CT molecular complexity index is 2630. The third-order valence-corrected chi connectivity index (χ3v) is 9.83. The van der Waals surface area contributed by atoms with Crippen LogP contribution in [-0.2, 0) is 5.41 Å². The summed E-state index contributed by atoms with van der Waals surface area (Å²) in [6.45, 7) is 10.6. The van der Waals surface area contributed by atoms with Gasteiger partial charge < -0.3 is 4.42 Å². The molecule has 1 aliphatic carbocycles. The van der Waals surface area contributed by atoms with Crippen LogP contribution in [0.15, 0.2) is 113 Å². The summed E-state index contributed by atoms with van der Waals surface area (Å²) >= 11 is 0. The summed E-state index contributed by atoms with van der Waals surface area (Å²) in [5, 5.41) is 5.96. The summed E-state index contributed by atoms with van der Waals surface area (Å²) in [6, 6.07) is 32.1. The summed E-state index contributed by atoms with van der Waals surface area (Å²) in [5.41, 5.74) is 10.8. The Labute approximate surface area is 254 Å². The van der Waals surface area contributed by atoms with Gasteiger partial charge in [0.05, 0.1) is 11.0 Å². The minimum Gasteiger partial charge on any atom is -0.455 e. The van der Waals surface area contributed by atoms with E-state index in [9.17, 15) is 4.79 Å². The number of para-hydroxylation sites is 1. The van der Waals surface area contributed by atoms with E-state index < -0.39 is 0 Å². The zero-order valence-corrected chi connectivity index (χ0v) is 24.9. The van der Waals surface area contributed by atoms with Gasteiger partial charge in [-0.1, -0.05) is 93.2 Å². The van der Waals surface area contributed by atoms with Crippen LogP contribution in [0, 0.1) is 0 Å². The Hall–Kier alpha value is -5.41. The highest BCUT2D eigenvalue weighted by Crippen LogP contribution is 2.51. The second-order valence-corrected chi connectivity index (χ2v) is 12.5. The molecule has 0 atom stereocenters. The molecule has 0 fully saturated rings. The van der Waals surface area contributed by atoms with Gasteiger partial charge in [-0.15, -0.1) is 0 Å². The number of hydrogen-bond donors (Lipinski definition) is 0. The van der Waals surface area contributed by atoms with Crippen molar-refractivity contribution in [3.8, 4) is 22.3 Å². The normalized spacial score (nSPS) is 14.1. The first kappa shape index (κ1) is 25.1. The molecule has 0 spiro atoms. The van der Waals surface area contributed by atoms with Crippen LogP contribution in [-0.4, -0.2) is 4.40 Å². The van der Waals surface area contributed by atoms with Crippen molar-refractivity contribution in [1.82, 2.24) is 4.40 Å². The van der Waals surface area contributed by atoms with Crippen LogP contribution >= 0.6 is 0 Å². The van der Waals surface area contributed by atoms with Gasteiger partial charge in [-0.3, -0.25) is 9.20 Å². The van der Waals surface area contributed by atoms with Crippen molar-refractivity contribution in [2.45, 2.75) is 26.2 Å². The smallest absolute Gasteiger partial charge is 0.263 e. The molecule has 0 aliphatic heterocycles. The number of nitrogens with zero attached hydrogens (tertiary/aromatic N) is 1.